The van der Waals surface area contributed by atoms with Crippen molar-refractivity contribution in [1.82, 2.24) is 4.90 Å². The van der Waals surface area contributed by atoms with Gasteiger partial charge in [-0.3, -0.25) is 19.3 Å². The van der Waals surface area contributed by atoms with Crippen LogP contribution in [0.2, 0.25) is 0 Å². The smallest absolute Gasteiger partial charge is 0.293 e. The molecule has 0 N–H and O–H groups in total. The van der Waals surface area contributed by atoms with Gasteiger partial charge in [0.2, 0.25) is 0 Å². The summed E-state index contributed by atoms with van der Waals surface area (Å²) in [6.45, 7) is 3.91. The molecular weight excluding hydrogens is 462 g/mol. The van der Waals surface area contributed by atoms with E-state index in [0.717, 1.165) is 44.8 Å². The van der Waals surface area contributed by atoms with E-state index in [2.05, 4.69) is 15.9 Å². The minimum absolute atomic E-state index is 0.257. The number of aldehydes is 1. The van der Waals surface area contributed by atoms with Crippen molar-refractivity contribution in [3.63, 3.8) is 0 Å². The molecule has 0 radical (unpaired) electrons. The predicted molar refractivity (Wildman–Crippen MR) is 126 cm³/mol. The van der Waals surface area contributed by atoms with Crippen LogP contribution >= 0.6 is 27.7 Å². The molecule has 0 aliphatic carbocycles. The van der Waals surface area contributed by atoms with Crippen LogP contribution < -0.4 is 0 Å². The van der Waals surface area contributed by atoms with Crippen molar-refractivity contribution in [3.8, 4) is 0 Å². The Labute approximate surface area is 188 Å². The molecule has 2 amide bonds. The summed E-state index contributed by atoms with van der Waals surface area (Å²) in [5.74, 6) is -0.273. The van der Waals surface area contributed by atoms with E-state index in [1.54, 1.807) is 13.0 Å². The van der Waals surface area contributed by atoms with Crippen LogP contribution in [0.5, 0.6) is 0 Å². The standard InChI is InChI=1S/C24H20BrNO3S/c1-16(11-18-3-5-19(6-4-18)12-17(2)15-27)13-22-23(28)26(24(29)30-22)14-20-7-9-21(25)10-8-20/h3-13,15H,14H2,1-2H3/b16-11+,17-12+,22-13-. The number of hydrogen-bond donors (Lipinski definition) is 0. The molecule has 0 unspecified atom stereocenters. The first-order valence-corrected chi connectivity index (χ1v) is 10.9. The van der Waals surface area contributed by atoms with Crippen LogP contribution in [0.1, 0.15) is 30.5 Å². The number of imide groups is 1. The zero-order valence-corrected chi connectivity index (χ0v) is 19.0. The lowest BCUT2D eigenvalue weighted by atomic mass is 10.1. The average Bonchev–Trinajstić information content (AvgIpc) is 2.98. The van der Waals surface area contributed by atoms with E-state index in [1.165, 1.54) is 4.90 Å². The third-order valence-corrected chi connectivity index (χ3v) is 5.83. The minimum Gasteiger partial charge on any atom is -0.298 e. The van der Waals surface area contributed by atoms with Gasteiger partial charge in [0.15, 0.2) is 0 Å². The van der Waals surface area contributed by atoms with Crippen molar-refractivity contribution in [1.29, 1.82) is 0 Å². The van der Waals surface area contributed by atoms with Gasteiger partial charge in [-0.1, -0.05) is 58.4 Å². The van der Waals surface area contributed by atoms with Gasteiger partial charge in [0.1, 0.15) is 6.29 Å². The van der Waals surface area contributed by atoms with Crippen molar-refractivity contribution < 1.29 is 14.4 Å². The molecule has 4 nitrogen and oxygen atoms in total. The Kier molecular flexibility index (Phi) is 7.24. The highest BCUT2D eigenvalue weighted by molar-refractivity contribution is 9.10. The molecule has 1 aliphatic heterocycles. The number of benzene rings is 2. The van der Waals surface area contributed by atoms with E-state index in [-0.39, 0.29) is 17.7 Å². The van der Waals surface area contributed by atoms with Crippen molar-refractivity contribution in [3.05, 3.63) is 91.8 Å². The van der Waals surface area contributed by atoms with Gasteiger partial charge in [-0.05, 0) is 77.7 Å². The molecule has 0 aromatic heterocycles. The third-order valence-electron chi connectivity index (χ3n) is 4.40. The van der Waals surface area contributed by atoms with Crippen LogP contribution in [-0.4, -0.2) is 22.3 Å². The maximum absolute atomic E-state index is 12.7. The molecule has 0 saturated carbocycles. The van der Waals surface area contributed by atoms with Crippen LogP contribution in [-0.2, 0) is 16.1 Å². The molecule has 1 heterocycles. The molecule has 152 valence electrons. The maximum atomic E-state index is 12.7. The van der Waals surface area contributed by atoms with Gasteiger partial charge < -0.3 is 0 Å². The molecular formula is C24H20BrNO3S. The fourth-order valence-corrected chi connectivity index (χ4v) is 4.06. The molecule has 30 heavy (non-hydrogen) atoms. The van der Waals surface area contributed by atoms with Gasteiger partial charge in [-0.2, -0.15) is 0 Å². The molecule has 1 aliphatic rings. The quantitative estimate of drug-likeness (QED) is 0.362. The Balaban J connectivity index is 1.72. The Morgan fingerprint density at radius 3 is 2.07 bits per heavy atom. The highest BCUT2D eigenvalue weighted by Crippen LogP contribution is 2.33. The molecule has 0 spiro atoms. The van der Waals surface area contributed by atoms with Gasteiger partial charge in [-0.15, -0.1) is 0 Å². The number of allylic oxidation sites excluding steroid dienone is 3. The normalized spacial score (nSPS) is 16.5. The van der Waals surface area contributed by atoms with Gasteiger partial charge in [0, 0.05) is 4.47 Å². The monoisotopic (exact) mass is 481 g/mol. The van der Waals surface area contributed by atoms with Gasteiger partial charge in [-0.25, -0.2) is 0 Å². The lowest BCUT2D eigenvalue weighted by molar-refractivity contribution is -0.123. The topological polar surface area (TPSA) is 54.5 Å². The van der Waals surface area contributed by atoms with Crippen LogP contribution in [0.4, 0.5) is 4.79 Å². The third kappa shape index (κ3) is 5.68. The second-order valence-corrected chi connectivity index (χ2v) is 8.86. The summed E-state index contributed by atoms with van der Waals surface area (Å²) < 4.78 is 0.948. The predicted octanol–water partition coefficient (Wildman–Crippen LogP) is 6.23. The summed E-state index contributed by atoms with van der Waals surface area (Å²) in [5, 5.41) is -0.261. The summed E-state index contributed by atoms with van der Waals surface area (Å²) in [6.07, 6.45) is 6.33. The average molecular weight is 482 g/mol. The molecule has 3 rings (SSSR count). The van der Waals surface area contributed by atoms with Crippen molar-refractivity contribution in [2.75, 3.05) is 0 Å². The summed E-state index contributed by atoms with van der Waals surface area (Å²) in [6, 6.07) is 15.3. The number of carbonyl (C=O) groups excluding carboxylic acids is 3. The lowest BCUT2D eigenvalue weighted by Gasteiger charge is -2.12. The summed E-state index contributed by atoms with van der Waals surface area (Å²) >= 11 is 4.34. The van der Waals surface area contributed by atoms with E-state index in [1.807, 2.05) is 67.6 Å². The second-order valence-electron chi connectivity index (χ2n) is 6.96. The highest BCUT2D eigenvalue weighted by Gasteiger charge is 2.34. The highest BCUT2D eigenvalue weighted by atomic mass is 79.9. The Morgan fingerprint density at radius 1 is 0.933 bits per heavy atom. The van der Waals surface area contributed by atoms with E-state index < -0.39 is 0 Å². The molecule has 0 bridgehead atoms. The van der Waals surface area contributed by atoms with E-state index >= 15 is 0 Å². The summed E-state index contributed by atoms with van der Waals surface area (Å²) in [4.78, 5) is 37.4. The van der Waals surface area contributed by atoms with E-state index in [9.17, 15) is 14.4 Å². The van der Waals surface area contributed by atoms with E-state index in [4.69, 9.17) is 0 Å². The van der Waals surface area contributed by atoms with Gasteiger partial charge >= 0.3 is 0 Å². The number of carbonyl (C=O) groups is 3. The number of amides is 2. The minimum atomic E-state index is -0.273. The molecule has 6 heteroatoms. The summed E-state index contributed by atoms with van der Waals surface area (Å²) in [5.41, 5.74) is 4.35. The van der Waals surface area contributed by atoms with E-state index in [0.29, 0.717) is 10.5 Å². The Morgan fingerprint density at radius 2 is 1.50 bits per heavy atom. The first-order chi connectivity index (χ1) is 14.4. The van der Waals surface area contributed by atoms with Crippen molar-refractivity contribution >= 4 is 57.3 Å². The number of thioether (sulfide) groups is 1. The van der Waals surface area contributed by atoms with Crippen LogP contribution in [0.3, 0.4) is 0 Å². The molecule has 1 saturated heterocycles. The number of halogens is 1. The Bertz CT molecular complexity index is 1070. The van der Waals surface area contributed by atoms with Crippen molar-refractivity contribution in [2.45, 2.75) is 20.4 Å². The zero-order chi connectivity index (χ0) is 21.7. The number of nitrogens with zero attached hydrogens (tertiary/aromatic N) is 1. The van der Waals surface area contributed by atoms with Gasteiger partial charge in [0.05, 0.1) is 11.4 Å². The molecule has 0 atom stereocenters. The first-order valence-electron chi connectivity index (χ1n) is 9.27. The largest absolute Gasteiger partial charge is 0.298 e. The fraction of sp³-hybridized carbons (Fsp3) is 0.125. The van der Waals surface area contributed by atoms with Crippen LogP contribution in [0.25, 0.3) is 12.2 Å². The molecule has 2 aromatic rings. The summed E-state index contributed by atoms with van der Waals surface area (Å²) in [7, 11) is 0. The number of rotatable bonds is 6. The molecule has 2 aromatic carbocycles. The maximum Gasteiger partial charge on any atom is 0.293 e. The fourth-order valence-electron chi connectivity index (χ4n) is 2.91. The zero-order valence-electron chi connectivity index (χ0n) is 16.6. The van der Waals surface area contributed by atoms with Crippen LogP contribution in [0, 0.1) is 0 Å². The number of hydrogen-bond acceptors (Lipinski definition) is 4. The molecule has 1 fully saturated rings. The SMILES string of the molecule is C/C(C=O)=C\c1ccc(/C=C(C)/C=C2\SC(=O)N(Cc3ccc(Br)cc3)C2=O)cc1. The van der Waals surface area contributed by atoms with Gasteiger partial charge in [0.25, 0.3) is 11.1 Å². The Hall–Kier alpha value is -2.70. The first kappa shape index (κ1) is 22.0. The van der Waals surface area contributed by atoms with Crippen molar-refractivity contribution in [2.24, 2.45) is 0 Å². The lowest BCUT2D eigenvalue weighted by Crippen LogP contribution is -2.27. The van der Waals surface area contributed by atoms with Crippen LogP contribution in [0.15, 0.2) is 75.1 Å². The second kappa shape index (κ2) is 9.87.